The average molecular weight is 240 g/mol. The van der Waals surface area contributed by atoms with Crippen LogP contribution in [0.1, 0.15) is 26.7 Å². The maximum absolute atomic E-state index is 12.2. The van der Waals surface area contributed by atoms with Crippen LogP contribution in [0.3, 0.4) is 0 Å². The molecule has 0 aromatic heterocycles. The lowest BCUT2D eigenvalue weighted by Gasteiger charge is -2.33. The van der Waals surface area contributed by atoms with Crippen LogP contribution in [0.25, 0.3) is 0 Å². The number of amides is 1. The molecule has 0 bridgehead atoms. The number of carbonyl (C=O) groups excluding carboxylic acids is 1. The Morgan fingerprint density at radius 1 is 1.29 bits per heavy atom. The predicted molar refractivity (Wildman–Crippen MR) is 66.8 cm³/mol. The molecule has 98 valence electrons. The number of hydrogen-bond acceptors (Lipinski definition) is 3. The average Bonchev–Trinajstić information content (AvgIpc) is 3.15. The van der Waals surface area contributed by atoms with Crippen LogP contribution in [-0.4, -0.2) is 61.1 Å². The van der Waals surface area contributed by atoms with Crippen LogP contribution < -0.4 is 0 Å². The van der Waals surface area contributed by atoms with E-state index in [1.165, 1.54) is 0 Å². The molecule has 2 heterocycles. The molecule has 0 aliphatic carbocycles. The number of epoxide rings is 1. The van der Waals surface area contributed by atoms with Crippen molar-refractivity contribution >= 4 is 5.91 Å². The Morgan fingerprint density at radius 3 is 2.35 bits per heavy atom. The van der Waals surface area contributed by atoms with Crippen LogP contribution in [0, 0.1) is 5.92 Å². The highest BCUT2D eigenvalue weighted by Crippen LogP contribution is 2.21. The highest BCUT2D eigenvalue weighted by Gasteiger charge is 2.31. The van der Waals surface area contributed by atoms with Gasteiger partial charge < -0.3 is 14.5 Å². The Morgan fingerprint density at radius 2 is 1.88 bits per heavy atom. The quantitative estimate of drug-likeness (QED) is 0.672. The largest absolute Gasteiger partial charge is 0.372 e. The van der Waals surface area contributed by atoms with Crippen molar-refractivity contribution < 1.29 is 9.53 Å². The number of likely N-dealkylation sites (tertiary alicyclic amines) is 1. The van der Waals surface area contributed by atoms with Gasteiger partial charge in [0.2, 0.25) is 5.91 Å². The molecule has 0 aromatic rings. The first-order valence-corrected chi connectivity index (χ1v) is 6.87. The van der Waals surface area contributed by atoms with Gasteiger partial charge in [-0.05, 0) is 39.8 Å². The second-order valence-electron chi connectivity index (χ2n) is 5.04. The molecule has 0 radical (unpaired) electrons. The maximum atomic E-state index is 12.2. The Bertz CT molecular complexity index is 254. The fourth-order valence-electron chi connectivity index (χ4n) is 2.62. The minimum atomic E-state index is 0.256. The predicted octanol–water partition coefficient (Wildman–Crippen LogP) is 0.966. The Hall–Kier alpha value is -0.610. The standard InChI is InChI=1S/C13H24N2O2/c1-3-15(4-2)13(16)11-5-7-14(8-6-11)9-12-10-17-12/h11-12H,3-10H2,1-2H3/t12-/m1/s1. The van der Waals surface area contributed by atoms with E-state index in [0.29, 0.717) is 12.0 Å². The number of carbonyl (C=O) groups is 1. The summed E-state index contributed by atoms with van der Waals surface area (Å²) in [6, 6.07) is 0. The fraction of sp³-hybridized carbons (Fsp3) is 0.923. The van der Waals surface area contributed by atoms with Crippen molar-refractivity contribution in [3.8, 4) is 0 Å². The van der Waals surface area contributed by atoms with Gasteiger partial charge in [0.25, 0.3) is 0 Å². The van der Waals surface area contributed by atoms with Crippen LogP contribution in [-0.2, 0) is 9.53 Å². The van der Waals surface area contributed by atoms with Crippen molar-refractivity contribution in [3.63, 3.8) is 0 Å². The number of nitrogens with zero attached hydrogens (tertiary/aromatic N) is 2. The smallest absolute Gasteiger partial charge is 0.225 e. The van der Waals surface area contributed by atoms with Gasteiger partial charge in [-0.25, -0.2) is 0 Å². The molecule has 0 aromatic carbocycles. The Kier molecular flexibility index (Phi) is 4.40. The van der Waals surface area contributed by atoms with Crippen LogP contribution in [0.2, 0.25) is 0 Å². The summed E-state index contributed by atoms with van der Waals surface area (Å²) in [6.07, 6.45) is 2.51. The normalized spacial score (nSPS) is 25.9. The van der Waals surface area contributed by atoms with Gasteiger partial charge >= 0.3 is 0 Å². The van der Waals surface area contributed by atoms with E-state index in [-0.39, 0.29) is 5.92 Å². The van der Waals surface area contributed by atoms with E-state index in [1.54, 1.807) is 0 Å². The summed E-state index contributed by atoms with van der Waals surface area (Å²) >= 11 is 0. The molecule has 0 N–H and O–H groups in total. The minimum absolute atomic E-state index is 0.256. The number of rotatable bonds is 5. The summed E-state index contributed by atoms with van der Waals surface area (Å²) in [5.41, 5.74) is 0. The Balaban J connectivity index is 1.75. The SMILES string of the molecule is CCN(CC)C(=O)C1CCN(C[C@@H]2CO2)CC1. The summed E-state index contributed by atoms with van der Waals surface area (Å²) in [4.78, 5) is 16.6. The zero-order valence-corrected chi connectivity index (χ0v) is 11.0. The number of piperidine rings is 1. The van der Waals surface area contributed by atoms with Crippen LogP contribution in [0.15, 0.2) is 0 Å². The third-order valence-electron chi connectivity index (χ3n) is 3.88. The third kappa shape index (κ3) is 3.42. The van der Waals surface area contributed by atoms with Crippen LogP contribution in [0.4, 0.5) is 0 Å². The van der Waals surface area contributed by atoms with Gasteiger partial charge in [0.15, 0.2) is 0 Å². The molecular formula is C13H24N2O2. The molecule has 4 nitrogen and oxygen atoms in total. The highest BCUT2D eigenvalue weighted by molar-refractivity contribution is 5.78. The second-order valence-corrected chi connectivity index (χ2v) is 5.04. The van der Waals surface area contributed by atoms with E-state index in [2.05, 4.69) is 18.7 Å². The molecule has 2 fully saturated rings. The molecular weight excluding hydrogens is 216 g/mol. The first kappa shape index (κ1) is 12.8. The molecule has 17 heavy (non-hydrogen) atoms. The molecule has 2 saturated heterocycles. The van der Waals surface area contributed by atoms with Crippen LogP contribution >= 0.6 is 0 Å². The topological polar surface area (TPSA) is 36.1 Å². The number of ether oxygens (including phenoxy) is 1. The molecule has 0 spiro atoms. The molecule has 0 unspecified atom stereocenters. The van der Waals surface area contributed by atoms with Crippen molar-refractivity contribution in [2.45, 2.75) is 32.8 Å². The van der Waals surface area contributed by atoms with Gasteiger partial charge in [0.05, 0.1) is 12.7 Å². The molecule has 2 aliphatic rings. The molecule has 2 rings (SSSR count). The van der Waals surface area contributed by atoms with E-state index in [1.807, 2.05) is 4.90 Å². The van der Waals surface area contributed by atoms with Gasteiger partial charge in [-0.3, -0.25) is 4.79 Å². The lowest BCUT2D eigenvalue weighted by atomic mass is 9.95. The van der Waals surface area contributed by atoms with E-state index in [4.69, 9.17) is 4.74 Å². The summed E-state index contributed by atoms with van der Waals surface area (Å²) in [7, 11) is 0. The zero-order valence-electron chi connectivity index (χ0n) is 11.0. The van der Waals surface area contributed by atoms with Gasteiger partial charge in [-0.2, -0.15) is 0 Å². The lowest BCUT2D eigenvalue weighted by Crippen LogP contribution is -2.43. The second kappa shape index (κ2) is 5.83. The number of hydrogen-bond donors (Lipinski definition) is 0. The van der Waals surface area contributed by atoms with Crippen molar-refractivity contribution in [1.29, 1.82) is 0 Å². The van der Waals surface area contributed by atoms with Crippen molar-refractivity contribution in [3.05, 3.63) is 0 Å². The van der Waals surface area contributed by atoms with Crippen molar-refractivity contribution in [1.82, 2.24) is 9.80 Å². The highest BCUT2D eigenvalue weighted by atomic mass is 16.6. The molecule has 4 heteroatoms. The fourth-order valence-corrected chi connectivity index (χ4v) is 2.62. The Labute approximate surface area is 104 Å². The monoisotopic (exact) mass is 240 g/mol. The van der Waals surface area contributed by atoms with E-state index < -0.39 is 0 Å². The van der Waals surface area contributed by atoms with E-state index >= 15 is 0 Å². The van der Waals surface area contributed by atoms with Crippen molar-refractivity contribution in [2.75, 3.05) is 39.3 Å². The minimum Gasteiger partial charge on any atom is -0.372 e. The summed E-state index contributed by atoms with van der Waals surface area (Å²) in [5, 5.41) is 0. The summed E-state index contributed by atoms with van der Waals surface area (Å²) < 4.78 is 5.24. The van der Waals surface area contributed by atoms with Gasteiger partial charge in [0, 0.05) is 25.6 Å². The maximum Gasteiger partial charge on any atom is 0.225 e. The van der Waals surface area contributed by atoms with Crippen LogP contribution in [0.5, 0.6) is 0 Å². The molecule has 2 aliphatic heterocycles. The van der Waals surface area contributed by atoms with E-state index in [0.717, 1.165) is 52.2 Å². The first-order valence-electron chi connectivity index (χ1n) is 6.87. The first-order chi connectivity index (χ1) is 8.24. The molecule has 0 saturated carbocycles. The van der Waals surface area contributed by atoms with Crippen molar-refractivity contribution in [2.24, 2.45) is 5.92 Å². The lowest BCUT2D eigenvalue weighted by molar-refractivity contribution is -0.136. The van der Waals surface area contributed by atoms with Gasteiger partial charge in [-0.1, -0.05) is 0 Å². The van der Waals surface area contributed by atoms with Gasteiger partial charge in [0.1, 0.15) is 0 Å². The third-order valence-corrected chi connectivity index (χ3v) is 3.88. The molecule has 1 atom stereocenters. The summed E-state index contributed by atoms with van der Waals surface area (Å²) in [5.74, 6) is 0.614. The zero-order chi connectivity index (χ0) is 12.3. The summed E-state index contributed by atoms with van der Waals surface area (Å²) in [6.45, 7) is 9.89. The van der Waals surface area contributed by atoms with Gasteiger partial charge in [-0.15, -0.1) is 0 Å². The van der Waals surface area contributed by atoms with E-state index in [9.17, 15) is 4.79 Å². The molecule has 1 amide bonds.